The first-order chi connectivity index (χ1) is 8.83. The van der Waals surface area contributed by atoms with E-state index in [0.717, 1.165) is 37.2 Å². The van der Waals surface area contributed by atoms with E-state index in [1.54, 1.807) is 0 Å². The average Bonchev–Trinajstić information content (AvgIpc) is 2.90. The zero-order valence-electron chi connectivity index (χ0n) is 10.3. The van der Waals surface area contributed by atoms with Gasteiger partial charge < -0.3 is 10.1 Å². The summed E-state index contributed by atoms with van der Waals surface area (Å²) >= 11 is 0. The summed E-state index contributed by atoms with van der Waals surface area (Å²) in [7, 11) is 0. The highest BCUT2D eigenvalue weighted by Crippen LogP contribution is 2.32. The Labute approximate surface area is 107 Å². The molecule has 1 heterocycles. The Morgan fingerprint density at radius 3 is 2.50 bits per heavy atom. The zero-order chi connectivity index (χ0) is 12.4. The predicted molar refractivity (Wildman–Crippen MR) is 71.2 cm³/mol. The first-order valence-electron chi connectivity index (χ1n) is 6.61. The lowest BCUT2D eigenvalue weighted by molar-refractivity contribution is 0.121. The molecule has 0 amide bonds. The van der Waals surface area contributed by atoms with Crippen LogP contribution in [0.4, 0.5) is 0 Å². The predicted octanol–water partition coefficient (Wildman–Crippen LogP) is 3.10. The number of hydrogen-bond donors (Lipinski definition) is 2. The van der Waals surface area contributed by atoms with Crippen molar-refractivity contribution >= 4 is 0 Å². The number of hydrogen-bond acceptors (Lipinski definition) is 2. The molecule has 3 rings (SSSR count). The van der Waals surface area contributed by atoms with Crippen LogP contribution in [0.25, 0.3) is 11.3 Å². The number of aromatic nitrogens is 2. The van der Waals surface area contributed by atoms with Gasteiger partial charge in [0.1, 0.15) is 5.82 Å². The number of nitrogens with zero attached hydrogens (tertiary/aromatic N) is 1. The largest absolute Gasteiger partial charge is 0.393 e. The van der Waals surface area contributed by atoms with Gasteiger partial charge in [0.15, 0.2) is 0 Å². The number of nitrogens with one attached hydrogen (secondary N) is 1. The van der Waals surface area contributed by atoms with Crippen molar-refractivity contribution in [2.24, 2.45) is 0 Å². The molecule has 0 spiro atoms. The lowest BCUT2D eigenvalue weighted by Crippen LogP contribution is -2.17. The molecule has 1 aliphatic rings. The molecule has 2 aromatic rings. The summed E-state index contributed by atoms with van der Waals surface area (Å²) in [4.78, 5) is 7.93. The lowest BCUT2D eigenvalue weighted by Gasteiger charge is -2.23. The molecular formula is C15H18N2O. The van der Waals surface area contributed by atoms with Crippen molar-refractivity contribution in [3.8, 4) is 11.3 Å². The second-order valence-corrected chi connectivity index (χ2v) is 5.05. The minimum atomic E-state index is -0.107. The third-order valence-corrected chi connectivity index (χ3v) is 3.76. The van der Waals surface area contributed by atoms with E-state index in [1.807, 2.05) is 24.4 Å². The van der Waals surface area contributed by atoms with Gasteiger partial charge in [-0.25, -0.2) is 4.98 Å². The molecular weight excluding hydrogens is 224 g/mol. The van der Waals surface area contributed by atoms with Crippen LogP contribution < -0.4 is 0 Å². The van der Waals surface area contributed by atoms with E-state index in [9.17, 15) is 5.11 Å². The van der Waals surface area contributed by atoms with Crippen LogP contribution in [-0.4, -0.2) is 21.2 Å². The van der Waals surface area contributed by atoms with Gasteiger partial charge in [0.05, 0.1) is 18.0 Å². The van der Waals surface area contributed by atoms with E-state index in [0.29, 0.717) is 5.92 Å². The minimum absolute atomic E-state index is 0.107. The molecule has 3 nitrogen and oxygen atoms in total. The van der Waals surface area contributed by atoms with Crippen LogP contribution in [0.5, 0.6) is 0 Å². The van der Waals surface area contributed by atoms with Gasteiger partial charge in [0, 0.05) is 5.92 Å². The van der Waals surface area contributed by atoms with Crippen LogP contribution in [0.2, 0.25) is 0 Å². The highest BCUT2D eigenvalue weighted by atomic mass is 16.3. The maximum atomic E-state index is 9.53. The molecule has 2 N–H and O–H groups in total. The molecule has 0 saturated heterocycles. The van der Waals surface area contributed by atoms with Gasteiger partial charge in [-0.15, -0.1) is 0 Å². The fourth-order valence-corrected chi connectivity index (χ4v) is 2.66. The average molecular weight is 242 g/mol. The summed E-state index contributed by atoms with van der Waals surface area (Å²) in [5, 5.41) is 9.53. The van der Waals surface area contributed by atoms with Crippen molar-refractivity contribution in [1.29, 1.82) is 0 Å². The van der Waals surface area contributed by atoms with Gasteiger partial charge in [-0.3, -0.25) is 0 Å². The highest BCUT2D eigenvalue weighted by molar-refractivity contribution is 5.58. The molecule has 0 atom stereocenters. The minimum Gasteiger partial charge on any atom is -0.393 e. The fourth-order valence-electron chi connectivity index (χ4n) is 2.66. The summed E-state index contributed by atoms with van der Waals surface area (Å²) in [6, 6.07) is 10.3. The number of benzene rings is 1. The number of imidazole rings is 1. The standard InChI is InChI=1S/C15H18N2O/c18-13-8-6-12(7-9-13)15-16-10-14(17-15)11-4-2-1-3-5-11/h1-5,10,12-13,18H,6-9H2,(H,16,17). The summed E-state index contributed by atoms with van der Waals surface area (Å²) < 4.78 is 0. The topological polar surface area (TPSA) is 48.9 Å². The van der Waals surface area contributed by atoms with Crippen molar-refractivity contribution in [2.75, 3.05) is 0 Å². The van der Waals surface area contributed by atoms with E-state index in [4.69, 9.17) is 0 Å². The van der Waals surface area contributed by atoms with Gasteiger partial charge in [0.25, 0.3) is 0 Å². The molecule has 0 bridgehead atoms. The number of H-pyrrole nitrogens is 1. The third kappa shape index (κ3) is 2.31. The summed E-state index contributed by atoms with van der Waals surface area (Å²) in [5.41, 5.74) is 2.25. The molecule has 1 fully saturated rings. The third-order valence-electron chi connectivity index (χ3n) is 3.76. The first-order valence-corrected chi connectivity index (χ1v) is 6.61. The Morgan fingerprint density at radius 2 is 1.78 bits per heavy atom. The van der Waals surface area contributed by atoms with E-state index >= 15 is 0 Å². The number of aliphatic hydroxyl groups excluding tert-OH is 1. The molecule has 3 heteroatoms. The van der Waals surface area contributed by atoms with Gasteiger partial charge >= 0.3 is 0 Å². The number of rotatable bonds is 2. The molecule has 18 heavy (non-hydrogen) atoms. The van der Waals surface area contributed by atoms with Crippen molar-refractivity contribution in [3.63, 3.8) is 0 Å². The van der Waals surface area contributed by atoms with Crippen LogP contribution in [0.15, 0.2) is 36.5 Å². The monoisotopic (exact) mass is 242 g/mol. The Hall–Kier alpha value is -1.61. The van der Waals surface area contributed by atoms with Gasteiger partial charge in [-0.2, -0.15) is 0 Å². The normalized spacial score (nSPS) is 24.1. The van der Waals surface area contributed by atoms with Gasteiger partial charge in [-0.05, 0) is 31.2 Å². The van der Waals surface area contributed by atoms with Crippen molar-refractivity contribution in [3.05, 3.63) is 42.4 Å². The van der Waals surface area contributed by atoms with Crippen LogP contribution in [0, 0.1) is 0 Å². The molecule has 94 valence electrons. The Kier molecular flexibility index (Phi) is 3.15. The molecule has 0 aliphatic heterocycles. The second-order valence-electron chi connectivity index (χ2n) is 5.05. The molecule has 1 aromatic heterocycles. The maximum absolute atomic E-state index is 9.53. The van der Waals surface area contributed by atoms with Crippen LogP contribution in [0.1, 0.15) is 37.4 Å². The fraction of sp³-hybridized carbons (Fsp3) is 0.400. The van der Waals surface area contributed by atoms with Crippen molar-refractivity contribution < 1.29 is 5.11 Å². The quantitative estimate of drug-likeness (QED) is 0.850. The lowest BCUT2D eigenvalue weighted by atomic mass is 9.87. The Morgan fingerprint density at radius 1 is 1.06 bits per heavy atom. The molecule has 0 radical (unpaired) electrons. The molecule has 1 saturated carbocycles. The number of aromatic amines is 1. The number of aliphatic hydroxyl groups is 1. The van der Waals surface area contributed by atoms with Crippen LogP contribution in [0.3, 0.4) is 0 Å². The van der Waals surface area contributed by atoms with Crippen LogP contribution >= 0.6 is 0 Å². The first kappa shape index (κ1) is 11.5. The maximum Gasteiger partial charge on any atom is 0.109 e. The summed E-state index contributed by atoms with van der Waals surface area (Å²) in [6.45, 7) is 0. The van der Waals surface area contributed by atoms with E-state index in [1.165, 1.54) is 5.56 Å². The van der Waals surface area contributed by atoms with Crippen LogP contribution in [-0.2, 0) is 0 Å². The van der Waals surface area contributed by atoms with Gasteiger partial charge in [-0.1, -0.05) is 30.3 Å². The highest BCUT2D eigenvalue weighted by Gasteiger charge is 2.22. The smallest absolute Gasteiger partial charge is 0.109 e. The van der Waals surface area contributed by atoms with E-state index in [-0.39, 0.29) is 6.10 Å². The zero-order valence-corrected chi connectivity index (χ0v) is 10.3. The van der Waals surface area contributed by atoms with Gasteiger partial charge in [0.2, 0.25) is 0 Å². The molecule has 1 aromatic carbocycles. The van der Waals surface area contributed by atoms with E-state index < -0.39 is 0 Å². The SMILES string of the molecule is OC1CCC(c2ncc(-c3ccccc3)[nH]2)CC1. The van der Waals surface area contributed by atoms with Crippen molar-refractivity contribution in [1.82, 2.24) is 9.97 Å². The summed E-state index contributed by atoms with van der Waals surface area (Å²) in [6.07, 6.45) is 5.66. The Balaban J connectivity index is 1.78. The van der Waals surface area contributed by atoms with Crippen molar-refractivity contribution in [2.45, 2.75) is 37.7 Å². The molecule has 1 aliphatic carbocycles. The second kappa shape index (κ2) is 4.94. The molecule has 0 unspecified atom stereocenters. The Bertz CT molecular complexity index is 498. The van der Waals surface area contributed by atoms with E-state index in [2.05, 4.69) is 22.1 Å². The summed E-state index contributed by atoms with van der Waals surface area (Å²) in [5.74, 6) is 1.55.